The van der Waals surface area contributed by atoms with Crippen LogP contribution in [0.5, 0.6) is 0 Å². The van der Waals surface area contributed by atoms with E-state index in [2.05, 4.69) is 11.0 Å². The van der Waals surface area contributed by atoms with Gasteiger partial charge in [-0.25, -0.2) is 4.39 Å². The monoisotopic (exact) mass is 313 g/mol. The van der Waals surface area contributed by atoms with Gasteiger partial charge in [-0.15, -0.1) is 0 Å². The summed E-state index contributed by atoms with van der Waals surface area (Å²) in [6.45, 7) is 3.64. The number of carbonyl (C=O) groups is 1. The molecule has 0 N–H and O–H groups in total. The summed E-state index contributed by atoms with van der Waals surface area (Å²) in [6.07, 6.45) is 4.08. The van der Waals surface area contributed by atoms with Crippen molar-refractivity contribution in [3.63, 3.8) is 0 Å². The number of hydrogen-bond donors (Lipinski definition) is 0. The van der Waals surface area contributed by atoms with Crippen LogP contribution in [0.15, 0.2) is 29.8 Å². The summed E-state index contributed by atoms with van der Waals surface area (Å²) in [5.74, 6) is -0.343. The van der Waals surface area contributed by atoms with Crippen LogP contribution in [0, 0.1) is 17.1 Å². The molecule has 2 aliphatic rings. The number of hydrogen-bond acceptors (Lipinski definition) is 3. The number of piperazine rings is 1. The zero-order valence-electron chi connectivity index (χ0n) is 13.2. The lowest BCUT2D eigenvalue weighted by atomic mass is 10.1. The second kappa shape index (κ2) is 6.51. The summed E-state index contributed by atoms with van der Waals surface area (Å²) in [7, 11) is 0. The van der Waals surface area contributed by atoms with Crippen LogP contribution >= 0.6 is 0 Å². The molecule has 0 aromatic heterocycles. The van der Waals surface area contributed by atoms with Gasteiger partial charge in [0, 0.05) is 31.2 Å². The molecule has 1 saturated carbocycles. The molecule has 0 spiro atoms. The van der Waals surface area contributed by atoms with Crippen molar-refractivity contribution in [2.45, 2.75) is 31.8 Å². The predicted molar refractivity (Wildman–Crippen MR) is 85.8 cm³/mol. The Kier molecular flexibility index (Phi) is 4.44. The first-order chi connectivity index (χ1) is 11.1. The maximum atomic E-state index is 12.9. The van der Waals surface area contributed by atoms with Gasteiger partial charge in [0.05, 0.1) is 6.07 Å². The first-order valence-corrected chi connectivity index (χ1v) is 7.97. The lowest BCUT2D eigenvalue weighted by molar-refractivity contribution is -0.129. The van der Waals surface area contributed by atoms with Crippen molar-refractivity contribution in [2.24, 2.45) is 0 Å². The van der Waals surface area contributed by atoms with Gasteiger partial charge in [0.2, 0.25) is 5.91 Å². The highest BCUT2D eigenvalue weighted by atomic mass is 19.1. The van der Waals surface area contributed by atoms with Gasteiger partial charge in [0.1, 0.15) is 11.9 Å². The number of rotatable bonds is 3. The van der Waals surface area contributed by atoms with Crippen molar-refractivity contribution < 1.29 is 9.18 Å². The Hall–Kier alpha value is -2.19. The summed E-state index contributed by atoms with van der Waals surface area (Å²) in [5, 5.41) is 9.36. The minimum atomic E-state index is -0.292. The van der Waals surface area contributed by atoms with Crippen LogP contribution in [-0.4, -0.2) is 47.4 Å². The highest BCUT2D eigenvalue weighted by Crippen LogP contribution is 2.30. The molecule has 2 fully saturated rings. The predicted octanol–water partition coefficient (Wildman–Crippen LogP) is 2.43. The van der Waals surface area contributed by atoms with Gasteiger partial charge in [-0.3, -0.25) is 9.69 Å². The molecule has 0 radical (unpaired) electrons. The molecule has 3 rings (SSSR count). The summed E-state index contributed by atoms with van der Waals surface area (Å²) < 4.78 is 12.9. The molecule has 1 aromatic rings. The van der Waals surface area contributed by atoms with Gasteiger partial charge < -0.3 is 4.90 Å². The van der Waals surface area contributed by atoms with E-state index in [0.29, 0.717) is 24.7 Å². The number of nitrogens with zero attached hydrogens (tertiary/aromatic N) is 3. The van der Waals surface area contributed by atoms with Gasteiger partial charge in [-0.1, -0.05) is 12.1 Å². The van der Waals surface area contributed by atoms with Crippen LogP contribution in [0.4, 0.5) is 4.39 Å². The van der Waals surface area contributed by atoms with Gasteiger partial charge in [-0.05, 0) is 43.5 Å². The second-order valence-electron chi connectivity index (χ2n) is 6.24. The zero-order chi connectivity index (χ0) is 16.4. The number of benzene rings is 1. The lowest BCUT2D eigenvalue weighted by Crippen LogP contribution is -2.55. The van der Waals surface area contributed by atoms with E-state index in [9.17, 15) is 14.4 Å². The van der Waals surface area contributed by atoms with Crippen molar-refractivity contribution in [2.75, 3.05) is 19.6 Å². The maximum Gasteiger partial charge on any atom is 0.249 e. The molecule has 23 heavy (non-hydrogen) atoms. The fraction of sp³-hybridized carbons (Fsp3) is 0.444. The largest absolute Gasteiger partial charge is 0.335 e. The molecule has 1 saturated heterocycles. The molecule has 1 aliphatic carbocycles. The van der Waals surface area contributed by atoms with Crippen molar-refractivity contribution in [3.05, 3.63) is 41.2 Å². The summed E-state index contributed by atoms with van der Waals surface area (Å²) in [5.41, 5.74) is 1.40. The van der Waals surface area contributed by atoms with Gasteiger partial charge in [0.25, 0.3) is 0 Å². The lowest BCUT2D eigenvalue weighted by Gasteiger charge is -2.38. The molecule has 120 valence electrons. The minimum Gasteiger partial charge on any atom is -0.335 e. The fourth-order valence-corrected chi connectivity index (χ4v) is 3.06. The molecular formula is C18H20FN3O. The first kappa shape index (κ1) is 15.7. The number of carbonyl (C=O) groups excluding carboxylic acids is 1. The highest BCUT2D eigenvalue weighted by Gasteiger charge is 2.38. The molecule has 1 aliphatic heterocycles. The van der Waals surface area contributed by atoms with Crippen LogP contribution in [0.2, 0.25) is 0 Å². The van der Waals surface area contributed by atoms with E-state index < -0.39 is 0 Å². The van der Waals surface area contributed by atoms with E-state index in [1.807, 2.05) is 0 Å². The molecule has 5 heteroatoms. The highest BCUT2D eigenvalue weighted by molar-refractivity contribution is 5.97. The number of nitriles is 1. The zero-order valence-corrected chi connectivity index (χ0v) is 13.2. The Morgan fingerprint density at radius 2 is 2.00 bits per heavy atom. The molecule has 1 atom stereocenters. The Labute approximate surface area is 135 Å². The van der Waals surface area contributed by atoms with Crippen LogP contribution in [0.3, 0.4) is 0 Å². The van der Waals surface area contributed by atoms with Crippen molar-refractivity contribution in [3.8, 4) is 6.07 Å². The SMILES string of the molecule is C/C(=C\c1ccc(F)cc1)C(=O)N1CCN(C2CC2)[C@@H](C#N)C1. The molecule has 0 unspecified atom stereocenters. The second-order valence-corrected chi connectivity index (χ2v) is 6.24. The van der Waals surface area contributed by atoms with Crippen molar-refractivity contribution in [1.82, 2.24) is 9.80 Å². The first-order valence-electron chi connectivity index (χ1n) is 7.97. The van der Waals surface area contributed by atoms with Crippen LogP contribution in [0.1, 0.15) is 25.3 Å². The van der Waals surface area contributed by atoms with Crippen LogP contribution in [0.25, 0.3) is 6.08 Å². The molecule has 1 heterocycles. The maximum absolute atomic E-state index is 12.9. The van der Waals surface area contributed by atoms with E-state index in [-0.39, 0.29) is 17.8 Å². The molecule has 1 aromatic carbocycles. The van der Waals surface area contributed by atoms with E-state index in [1.165, 1.54) is 12.1 Å². The van der Waals surface area contributed by atoms with E-state index in [0.717, 1.165) is 24.9 Å². The van der Waals surface area contributed by atoms with Gasteiger partial charge in [0.15, 0.2) is 0 Å². The Morgan fingerprint density at radius 3 is 2.61 bits per heavy atom. The average Bonchev–Trinajstić information content (AvgIpc) is 3.40. The van der Waals surface area contributed by atoms with E-state index in [1.54, 1.807) is 30.0 Å². The van der Waals surface area contributed by atoms with Gasteiger partial charge >= 0.3 is 0 Å². The molecule has 4 nitrogen and oxygen atoms in total. The third kappa shape index (κ3) is 3.59. The fourth-order valence-electron chi connectivity index (χ4n) is 3.06. The molecule has 1 amide bonds. The molecule has 0 bridgehead atoms. The smallest absolute Gasteiger partial charge is 0.249 e. The summed E-state index contributed by atoms with van der Waals surface area (Å²) in [6, 6.07) is 8.70. The van der Waals surface area contributed by atoms with Crippen molar-refractivity contribution in [1.29, 1.82) is 5.26 Å². The third-order valence-corrected chi connectivity index (χ3v) is 4.46. The summed E-state index contributed by atoms with van der Waals surface area (Å²) in [4.78, 5) is 16.6. The van der Waals surface area contributed by atoms with E-state index in [4.69, 9.17) is 0 Å². The number of amides is 1. The van der Waals surface area contributed by atoms with Gasteiger partial charge in [-0.2, -0.15) is 5.26 Å². The quantitative estimate of drug-likeness (QED) is 0.805. The van der Waals surface area contributed by atoms with E-state index >= 15 is 0 Å². The minimum absolute atomic E-state index is 0.0509. The Balaban J connectivity index is 1.67. The Bertz CT molecular complexity index is 658. The third-order valence-electron chi connectivity index (χ3n) is 4.46. The topological polar surface area (TPSA) is 47.3 Å². The van der Waals surface area contributed by atoms with Crippen LogP contribution < -0.4 is 0 Å². The van der Waals surface area contributed by atoms with Crippen molar-refractivity contribution >= 4 is 12.0 Å². The standard InChI is InChI=1S/C18H20FN3O/c1-13(10-14-2-4-15(19)5-3-14)18(23)21-8-9-22(16-6-7-16)17(11-20)12-21/h2-5,10,16-17H,6-9,12H2,1H3/b13-10+/t17-/m0/s1. The normalized spacial score (nSPS) is 22.7. The number of halogens is 1. The Morgan fingerprint density at radius 1 is 1.30 bits per heavy atom. The van der Waals surface area contributed by atoms with Crippen LogP contribution in [-0.2, 0) is 4.79 Å². The summed E-state index contributed by atoms with van der Waals surface area (Å²) >= 11 is 0. The molecular weight excluding hydrogens is 293 g/mol. The average molecular weight is 313 g/mol.